The topological polar surface area (TPSA) is 97.2 Å². The lowest BCUT2D eigenvalue weighted by Gasteiger charge is -2.36. The summed E-state index contributed by atoms with van der Waals surface area (Å²) in [5, 5.41) is 14.0. The second-order valence-electron chi connectivity index (χ2n) is 10.8. The van der Waals surface area contributed by atoms with Gasteiger partial charge in [0.2, 0.25) is 5.91 Å². The summed E-state index contributed by atoms with van der Waals surface area (Å²) in [6, 6.07) is 8.96. The van der Waals surface area contributed by atoms with E-state index in [-0.39, 0.29) is 36.5 Å². The molecule has 0 spiro atoms. The van der Waals surface area contributed by atoms with Crippen LogP contribution in [0.2, 0.25) is 0 Å². The van der Waals surface area contributed by atoms with E-state index in [0.717, 1.165) is 48.4 Å². The molecule has 1 amide bonds. The van der Waals surface area contributed by atoms with Gasteiger partial charge in [-0.3, -0.25) is 19.8 Å². The zero-order chi connectivity index (χ0) is 29.1. The number of carbonyl (C=O) groups excluding carboxylic acids is 1. The smallest absolute Gasteiger partial charge is 0.423 e. The molecule has 2 fully saturated rings. The van der Waals surface area contributed by atoms with Crippen LogP contribution in [-0.2, 0) is 22.1 Å². The fourth-order valence-corrected chi connectivity index (χ4v) is 6.17. The Labute approximate surface area is 244 Å². The van der Waals surface area contributed by atoms with Crippen LogP contribution in [0, 0.1) is 10.1 Å². The maximum Gasteiger partial charge on any atom is 0.423 e. The number of rotatable bonds is 8. The molecule has 1 unspecified atom stereocenters. The molecule has 5 rings (SSSR count). The van der Waals surface area contributed by atoms with Crippen LogP contribution in [0.1, 0.15) is 36.8 Å². The largest absolute Gasteiger partial charge is 0.488 e. The predicted octanol–water partition coefficient (Wildman–Crippen LogP) is 5.26. The molecule has 41 heavy (non-hydrogen) atoms. The van der Waals surface area contributed by atoms with Crippen molar-refractivity contribution < 1.29 is 32.4 Å². The van der Waals surface area contributed by atoms with Gasteiger partial charge in [0, 0.05) is 61.4 Å². The van der Waals surface area contributed by atoms with Gasteiger partial charge in [-0.25, -0.2) is 0 Å². The van der Waals surface area contributed by atoms with Gasteiger partial charge in [0.25, 0.3) is 5.69 Å². The molecular weight excluding hydrogens is 609 g/mol. The van der Waals surface area contributed by atoms with E-state index in [0.29, 0.717) is 38.8 Å². The second-order valence-corrected chi connectivity index (χ2v) is 11.7. The number of hydrogen-bond donors (Lipinski definition) is 1. The summed E-state index contributed by atoms with van der Waals surface area (Å²) in [4.78, 5) is 26.9. The summed E-state index contributed by atoms with van der Waals surface area (Å²) in [7, 11) is 0. The molecule has 3 aliphatic rings. The van der Waals surface area contributed by atoms with Crippen molar-refractivity contribution in [2.24, 2.45) is 0 Å². The summed E-state index contributed by atoms with van der Waals surface area (Å²) >= 11 is 3.50. The first-order chi connectivity index (χ1) is 19.5. The molecule has 0 bridgehead atoms. The van der Waals surface area contributed by atoms with Gasteiger partial charge < -0.3 is 19.7 Å². The zero-order valence-corrected chi connectivity index (χ0v) is 24.0. The van der Waals surface area contributed by atoms with Gasteiger partial charge in [-0.1, -0.05) is 15.9 Å². The molecule has 1 aliphatic carbocycles. The van der Waals surface area contributed by atoms with E-state index in [2.05, 4.69) is 32.2 Å². The molecule has 2 aliphatic heterocycles. The Kier molecular flexibility index (Phi) is 9.05. The van der Waals surface area contributed by atoms with Gasteiger partial charge in [0.1, 0.15) is 24.0 Å². The molecular formula is C28H32BrF3N4O5. The van der Waals surface area contributed by atoms with Crippen molar-refractivity contribution in [3.63, 3.8) is 0 Å². The average molecular weight is 641 g/mol. The Morgan fingerprint density at radius 2 is 1.83 bits per heavy atom. The summed E-state index contributed by atoms with van der Waals surface area (Å²) in [5.74, 6) is 0.903. The molecule has 1 saturated heterocycles. The molecule has 1 saturated carbocycles. The lowest BCUT2D eigenvalue weighted by Crippen LogP contribution is -2.51. The molecule has 9 nitrogen and oxygen atoms in total. The third-order valence-corrected chi connectivity index (χ3v) is 8.43. The Morgan fingerprint density at radius 1 is 1.10 bits per heavy atom. The molecule has 2 heterocycles. The Balaban J connectivity index is 1.00. The van der Waals surface area contributed by atoms with Gasteiger partial charge in [-0.05, 0) is 61.6 Å². The van der Waals surface area contributed by atoms with Crippen LogP contribution in [0.25, 0.3) is 0 Å². The van der Waals surface area contributed by atoms with Gasteiger partial charge in [-0.15, -0.1) is 0 Å². The van der Waals surface area contributed by atoms with E-state index >= 15 is 0 Å². The molecule has 13 heteroatoms. The van der Waals surface area contributed by atoms with Crippen LogP contribution in [0.4, 0.5) is 24.5 Å². The van der Waals surface area contributed by atoms with Crippen molar-refractivity contribution in [2.45, 2.75) is 56.5 Å². The minimum Gasteiger partial charge on any atom is -0.488 e. The van der Waals surface area contributed by atoms with E-state index in [9.17, 15) is 28.1 Å². The van der Waals surface area contributed by atoms with Crippen molar-refractivity contribution in [2.75, 3.05) is 44.6 Å². The molecule has 2 aromatic rings. The number of benzene rings is 2. The number of nitrogens with one attached hydrogen (secondary N) is 1. The predicted molar refractivity (Wildman–Crippen MR) is 149 cm³/mol. The monoisotopic (exact) mass is 640 g/mol. The number of carbonyl (C=O) groups is 1. The standard InChI is InChI=1S/C28H32BrF3N4O5/c29-19-1-8-26-18(13-19)14-23(41-26)16-34-9-11-35(12-10-34)27(37)17-40-22-5-2-20(3-6-22)33-21-4-7-25(36(38)39)24(15-21)28(30,31)32/h1,4,7-8,13,15,20,22-23,33H,2-3,5-6,9-12,14,16-17H2/t20-,22-,23?. The van der Waals surface area contributed by atoms with Gasteiger partial charge in [0.15, 0.2) is 0 Å². The first-order valence-electron chi connectivity index (χ1n) is 13.7. The van der Waals surface area contributed by atoms with Crippen molar-refractivity contribution >= 4 is 33.2 Å². The molecule has 0 radical (unpaired) electrons. The highest BCUT2D eigenvalue weighted by Gasteiger charge is 2.38. The number of ether oxygens (including phenoxy) is 2. The summed E-state index contributed by atoms with van der Waals surface area (Å²) in [5.41, 5.74) is -0.830. The zero-order valence-electron chi connectivity index (χ0n) is 22.4. The number of piperazine rings is 1. The average Bonchev–Trinajstić information content (AvgIpc) is 3.33. The third kappa shape index (κ3) is 7.49. The van der Waals surface area contributed by atoms with E-state index in [1.807, 2.05) is 17.0 Å². The van der Waals surface area contributed by atoms with Gasteiger partial charge in [-0.2, -0.15) is 13.2 Å². The summed E-state index contributed by atoms with van der Waals surface area (Å²) in [6.45, 7) is 3.66. The highest BCUT2D eigenvalue weighted by Crippen LogP contribution is 2.38. The van der Waals surface area contributed by atoms with Crippen LogP contribution >= 0.6 is 15.9 Å². The third-order valence-electron chi connectivity index (χ3n) is 7.94. The maximum absolute atomic E-state index is 13.3. The Hall–Kier alpha value is -2.90. The van der Waals surface area contributed by atoms with Gasteiger partial charge in [0.05, 0.1) is 11.0 Å². The Morgan fingerprint density at radius 3 is 2.51 bits per heavy atom. The lowest BCUT2D eigenvalue weighted by molar-refractivity contribution is -0.388. The van der Waals surface area contributed by atoms with Crippen LogP contribution < -0.4 is 10.1 Å². The van der Waals surface area contributed by atoms with Crippen LogP contribution in [0.15, 0.2) is 40.9 Å². The minimum absolute atomic E-state index is 0.00990. The van der Waals surface area contributed by atoms with E-state index in [1.165, 1.54) is 11.6 Å². The fourth-order valence-electron chi connectivity index (χ4n) is 5.76. The number of hydrogen-bond acceptors (Lipinski definition) is 7. The minimum atomic E-state index is -4.82. The number of nitrogens with zero attached hydrogens (tertiary/aromatic N) is 3. The highest BCUT2D eigenvalue weighted by atomic mass is 79.9. The summed E-state index contributed by atoms with van der Waals surface area (Å²) < 4.78 is 52.8. The lowest BCUT2D eigenvalue weighted by atomic mass is 9.92. The number of anilines is 1. The molecule has 1 atom stereocenters. The number of nitro benzene ring substituents is 1. The van der Waals surface area contributed by atoms with Crippen molar-refractivity contribution in [1.82, 2.24) is 9.80 Å². The maximum atomic E-state index is 13.3. The molecule has 1 N–H and O–H groups in total. The highest BCUT2D eigenvalue weighted by molar-refractivity contribution is 9.10. The van der Waals surface area contributed by atoms with E-state index in [1.54, 1.807) is 0 Å². The number of halogens is 4. The fraction of sp³-hybridized carbons (Fsp3) is 0.536. The van der Waals surface area contributed by atoms with Crippen LogP contribution in [0.3, 0.4) is 0 Å². The quantitative estimate of drug-likeness (QED) is 0.310. The van der Waals surface area contributed by atoms with Gasteiger partial charge >= 0.3 is 6.18 Å². The van der Waals surface area contributed by atoms with Crippen molar-refractivity contribution in [1.29, 1.82) is 0 Å². The molecule has 0 aromatic heterocycles. The van der Waals surface area contributed by atoms with E-state index in [4.69, 9.17) is 9.47 Å². The molecule has 222 valence electrons. The van der Waals surface area contributed by atoms with Crippen LogP contribution in [-0.4, -0.2) is 78.2 Å². The van der Waals surface area contributed by atoms with Crippen LogP contribution in [0.5, 0.6) is 5.75 Å². The summed E-state index contributed by atoms with van der Waals surface area (Å²) in [6.07, 6.45) is -1.29. The van der Waals surface area contributed by atoms with Crippen molar-refractivity contribution in [3.05, 3.63) is 62.1 Å². The number of nitro groups is 1. The SMILES string of the molecule is O=C(CO[C@H]1CC[C@H](Nc2ccc([N+](=O)[O-])c(C(F)(F)F)c2)CC1)N1CCN(CC2Cc3cc(Br)ccc3O2)CC1. The van der Waals surface area contributed by atoms with E-state index < -0.39 is 22.4 Å². The first kappa shape index (κ1) is 29.6. The van der Waals surface area contributed by atoms with Crippen molar-refractivity contribution in [3.8, 4) is 5.75 Å². The number of amides is 1. The Bertz CT molecular complexity index is 1260. The molecule has 2 aromatic carbocycles. The normalized spacial score (nSPS) is 23.1. The first-order valence-corrected chi connectivity index (χ1v) is 14.5. The number of alkyl halides is 3. The second kappa shape index (κ2) is 12.5. The number of fused-ring (bicyclic) bond motifs is 1.